The van der Waals surface area contributed by atoms with E-state index >= 15 is 0 Å². The molecule has 0 radical (unpaired) electrons. The van der Waals surface area contributed by atoms with Crippen LogP contribution in [0.5, 0.6) is 5.75 Å². The standard InChI is InChI=1S/C14H16N2O2/c1-2-16-11-12(10-15-16)14(17)8-9-18-13-6-4-3-5-7-13/h3-7,10-11H,2,8-9H2,1H3. The molecule has 0 N–H and O–H groups in total. The van der Waals surface area contributed by atoms with Crippen molar-refractivity contribution in [3.05, 3.63) is 48.3 Å². The molecule has 2 rings (SSSR count). The van der Waals surface area contributed by atoms with Crippen LogP contribution in [0.3, 0.4) is 0 Å². The summed E-state index contributed by atoms with van der Waals surface area (Å²) in [6.45, 7) is 3.15. The lowest BCUT2D eigenvalue weighted by molar-refractivity contribution is 0.0962. The first-order valence-corrected chi connectivity index (χ1v) is 6.03. The molecule has 0 fully saturated rings. The van der Waals surface area contributed by atoms with E-state index in [1.165, 1.54) is 0 Å². The van der Waals surface area contributed by atoms with E-state index in [1.54, 1.807) is 17.1 Å². The van der Waals surface area contributed by atoms with Crippen molar-refractivity contribution in [3.8, 4) is 5.75 Å². The largest absolute Gasteiger partial charge is 0.493 e. The number of hydrogen-bond donors (Lipinski definition) is 0. The van der Waals surface area contributed by atoms with Gasteiger partial charge in [-0.3, -0.25) is 9.48 Å². The zero-order valence-corrected chi connectivity index (χ0v) is 10.4. The van der Waals surface area contributed by atoms with Gasteiger partial charge < -0.3 is 4.74 Å². The summed E-state index contributed by atoms with van der Waals surface area (Å²) in [5.41, 5.74) is 0.647. The molecule has 0 amide bonds. The number of ketones is 1. The molecule has 4 nitrogen and oxygen atoms in total. The highest BCUT2D eigenvalue weighted by Crippen LogP contribution is 2.09. The molecular weight excluding hydrogens is 228 g/mol. The van der Waals surface area contributed by atoms with Crippen LogP contribution in [-0.4, -0.2) is 22.2 Å². The first-order valence-electron chi connectivity index (χ1n) is 6.03. The number of hydrogen-bond acceptors (Lipinski definition) is 3. The topological polar surface area (TPSA) is 44.1 Å². The highest BCUT2D eigenvalue weighted by molar-refractivity contribution is 5.95. The lowest BCUT2D eigenvalue weighted by atomic mass is 10.2. The monoisotopic (exact) mass is 244 g/mol. The van der Waals surface area contributed by atoms with Gasteiger partial charge in [-0.25, -0.2) is 0 Å². The fourth-order valence-electron chi connectivity index (χ4n) is 1.60. The molecule has 0 unspecified atom stereocenters. The summed E-state index contributed by atoms with van der Waals surface area (Å²) < 4.78 is 7.22. The number of aromatic nitrogens is 2. The fraction of sp³-hybridized carbons (Fsp3) is 0.286. The Labute approximate surface area is 106 Å². The van der Waals surface area contributed by atoms with E-state index in [0.717, 1.165) is 12.3 Å². The molecule has 0 spiro atoms. The molecule has 1 aromatic carbocycles. The summed E-state index contributed by atoms with van der Waals surface area (Å²) in [6.07, 6.45) is 3.74. The number of nitrogens with zero attached hydrogens (tertiary/aromatic N) is 2. The average Bonchev–Trinajstić information content (AvgIpc) is 2.89. The van der Waals surface area contributed by atoms with Gasteiger partial charge in [0.2, 0.25) is 0 Å². The summed E-state index contributed by atoms with van der Waals surface area (Å²) in [5, 5.41) is 4.08. The first-order chi connectivity index (χ1) is 8.79. The molecule has 0 saturated carbocycles. The van der Waals surface area contributed by atoms with Crippen LogP contribution in [0.15, 0.2) is 42.7 Å². The Balaban J connectivity index is 1.81. The Kier molecular flexibility index (Phi) is 4.12. The second-order valence-corrected chi connectivity index (χ2v) is 3.92. The third-order valence-corrected chi connectivity index (χ3v) is 2.62. The Morgan fingerprint density at radius 3 is 2.78 bits per heavy atom. The molecule has 0 bridgehead atoms. The van der Waals surface area contributed by atoms with Crippen LogP contribution in [0.2, 0.25) is 0 Å². The van der Waals surface area contributed by atoms with Crippen molar-refractivity contribution in [2.45, 2.75) is 19.9 Å². The fourth-order valence-corrected chi connectivity index (χ4v) is 1.60. The molecule has 1 aromatic heterocycles. The van der Waals surface area contributed by atoms with Gasteiger partial charge in [-0.05, 0) is 19.1 Å². The summed E-state index contributed by atoms with van der Waals surface area (Å²) in [5.74, 6) is 0.847. The van der Waals surface area contributed by atoms with E-state index in [0.29, 0.717) is 18.6 Å². The predicted octanol–water partition coefficient (Wildman–Crippen LogP) is 2.55. The molecule has 0 saturated heterocycles. The van der Waals surface area contributed by atoms with E-state index in [1.807, 2.05) is 37.3 Å². The zero-order chi connectivity index (χ0) is 12.8. The predicted molar refractivity (Wildman–Crippen MR) is 68.8 cm³/mol. The molecule has 2 aromatic rings. The van der Waals surface area contributed by atoms with Crippen LogP contribution in [-0.2, 0) is 6.54 Å². The van der Waals surface area contributed by atoms with Gasteiger partial charge in [0.05, 0.1) is 18.4 Å². The van der Waals surface area contributed by atoms with Crippen LogP contribution in [0.25, 0.3) is 0 Å². The highest BCUT2D eigenvalue weighted by atomic mass is 16.5. The van der Waals surface area contributed by atoms with Crippen molar-refractivity contribution >= 4 is 5.78 Å². The number of ether oxygens (including phenoxy) is 1. The Hall–Kier alpha value is -2.10. The van der Waals surface area contributed by atoms with E-state index < -0.39 is 0 Å². The average molecular weight is 244 g/mol. The minimum absolute atomic E-state index is 0.0608. The van der Waals surface area contributed by atoms with Gasteiger partial charge in [0.25, 0.3) is 0 Å². The van der Waals surface area contributed by atoms with Crippen molar-refractivity contribution in [3.63, 3.8) is 0 Å². The number of rotatable bonds is 6. The normalized spacial score (nSPS) is 10.3. The number of carbonyl (C=O) groups excluding carboxylic acids is 1. The van der Waals surface area contributed by atoms with Gasteiger partial charge in [0, 0.05) is 19.2 Å². The molecule has 4 heteroatoms. The summed E-state index contributed by atoms with van der Waals surface area (Å²) >= 11 is 0. The third-order valence-electron chi connectivity index (χ3n) is 2.62. The molecule has 0 aliphatic rings. The van der Waals surface area contributed by atoms with Crippen LogP contribution in [0.4, 0.5) is 0 Å². The minimum atomic E-state index is 0.0608. The Morgan fingerprint density at radius 2 is 2.11 bits per heavy atom. The highest BCUT2D eigenvalue weighted by Gasteiger charge is 2.08. The molecule has 0 aliphatic heterocycles. The summed E-state index contributed by atoms with van der Waals surface area (Å²) in [7, 11) is 0. The smallest absolute Gasteiger partial charge is 0.169 e. The number of para-hydroxylation sites is 1. The number of carbonyl (C=O) groups is 1. The van der Waals surface area contributed by atoms with Crippen molar-refractivity contribution in [1.29, 1.82) is 0 Å². The van der Waals surface area contributed by atoms with Crippen molar-refractivity contribution < 1.29 is 9.53 Å². The van der Waals surface area contributed by atoms with Crippen LogP contribution in [0.1, 0.15) is 23.7 Å². The summed E-state index contributed by atoms with van der Waals surface area (Å²) in [4.78, 5) is 11.8. The number of aryl methyl sites for hydroxylation is 1. The molecule has 94 valence electrons. The second kappa shape index (κ2) is 6.00. The Bertz CT molecular complexity index is 506. The van der Waals surface area contributed by atoms with Gasteiger partial charge in [0.15, 0.2) is 5.78 Å². The zero-order valence-electron chi connectivity index (χ0n) is 10.4. The van der Waals surface area contributed by atoms with Gasteiger partial charge >= 0.3 is 0 Å². The van der Waals surface area contributed by atoms with Crippen LogP contribution in [0, 0.1) is 0 Å². The maximum atomic E-state index is 11.8. The number of Topliss-reactive ketones (excluding diaryl/α,β-unsaturated/α-hetero) is 1. The minimum Gasteiger partial charge on any atom is -0.493 e. The molecule has 0 atom stereocenters. The van der Waals surface area contributed by atoms with Crippen LogP contribution < -0.4 is 4.74 Å². The van der Waals surface area contributed by atoms with Gasteiger partial charge in [0.1, 0.15) is 5.75 Å². The summed E-state index contributed by atoms with van der Waals surface area (Å²) in [6, 6.07) is 9.49. The first kappa shape index (κ1) is 12.4. The lowest BCUT2D eigenvalue weighted by Gasteiger charge is -2.04. The maximum Gasteiger partial charge on any atom is 0.169 e. The molecule has 18 heavy (non-hydrogen) atoms. The van der Waals surface area contributed by atoms with E-state index in [-0.39, 0.29) is 5.78 Å². The SMILES string of the molecule is CCn1cc(C(=O)CCOc2ccccc2)cn1. The lowest BCUT2D eigenvalue weighted by Crippen LogP contribution is -2.06. The molecular formula is C14H16N2O2. The van der Waals surface area contributed by atoms with Gasteiger partial charge in [-0.1, -0.05) is 18.2 Å². The van der Waals surface area contributed by atoms with Crippen molar-refractivity contribution in [2.75, 3.05) is 6.61 Å². The maximum absolute atomic E-state index is 11.8. The number of benzene rings is 1. The quantitative estimate of drug-likeness (QED) is 0.733. The molecule has 1 heterocycles. The third kappa shape index (κ3) is 3.20. The van der Waals surface area contributed by atoms with E-state index in [4.69, 9.17) is 4.74 Å². The second-order valence-electron chi connectivity index (χ2n) is 3.92. The van der Waals surface area contributed by atoms with Crippen LogP contribution >= 0.6 is 0 Å². The van der Waals surface area contributed by atoms with Gasteiger partial charge in [-0.2, -0.15) is 5.10 Å². The van der Waals surface area contributed by atoms with Crippen molar-refractivity contribution in [1.82, 2.24) is 9.78 Å². The molecule has 0 aliphatic carbocycles. The van der Waals surface area contributed by atoms with E-state index in [9.17, 15) is 4.79 Å². The Morgan fingerprint density at radius 1 is 1.33 bits per heavy atom. The van der Waals surface area contributed by atoms with Gasteiger partial charge in [-0.15, -0.1) is 0 Å². The van der Waals surface area contributed by atoms with Crippen molar-refractivity contribution in [2.24, 2.45) is 0 Å². The van der Waals surface area contributed by atoms with E-state index in [2.05, 4.69) is 5.10 Å².